The number of hydrogen-bond acceptors (Lipinski definition) is 4. The lowest BCUT2D eigenvalue weighted by Crippen LogP contribution is -2.44. The average Bonchev–Trinajstić information content (AvgIpc) is 2.70. The number of hydrogen-bond donors (Lipinski definition) is 1. The average molecular weight is 368 g/mol. The first-order valence-corrected chi connectivity index (χ1v) is 9.48. The summed E-state index contributed by atoms with van der Waals surface area (Å²) in [5.41, 5.74) is 7.71. The summed E-state index contributed by atoms with van der Waals surface area (Å²) in [5.74, 6) is 0.196. The molecular weight excluding hydrogens is 340 g/mol. The molecule has 1 saturated heterocycles. The highest BCUT2D eigenvalue weighted by Crippen LogP contribution is 2.24. The minimum Gasteiger partial charge on any atom is -0.481 e. The second-order valence-corrected chi connectivity index (χ2v) is 7.12. The van der Waals surface area contributed by atoms with Gasteiger partial charge >= 0.3 is 0 Å². The van der Waals surface area contributed by atoms with E-state index in [9.17, 15) is 4.79 Å². The molecular formula is C22H28N2O3. The van der Waals surface area contributed by atoms with Crippen molar-refractivity contribution in [3.8, 4) is 5.75 Å². The molecule has 0 aromatic heterocycles. The van der Waals surface area contributed by atoms with Crippen molar-refractivity contribution in [3.63, 3.8) is 0 Å². The van der Waals surface area contributed by atoms with Gasteiger partial charge in [0.2, 0.25) is 0 Å². The number of nitrogens with zero attached hydrogens (tertiary/aromatic N) is 1. The van der Waals surface area contributed by atoms with E-state index in [1.54, 1.807) is 6.92 Å². The normalized spacial score (nSPS) is 20.0. The Balaban J connectivity index is 1.56. The van der Waals surface area contributed by atoms with E-state index in [2.05, 4.69) is 48.2 Å². The SMILES string of the molecule is CC(Oc1ccc(CC(C)N2CCOC(c3ccccc3)C2)cc1)C(N)=O. The maximum Gasteiger partial charge on any atom is 0.258 e. The number of amides is 1. The zero-order valence-corrected chi connectivity index (χ0v) is 16.0. The molecule has 0 bridgehead atoms. The largest absolute Gasteiger partial charge is 0.481 e. The third-order valence-electron chi connectivity index (χ3n) is 5.06. The van der Waals surface area contributed by atoms with Crippen molar-refractivity contribution >= 4 is 5.91 Å². The molecule has 144 valence electrons. The summed E-state index contributed by atoms with van der Waals surface area (Å²) >= 11 is 0. The van der Waals surface area contributed by atoms with Crippen LogP contribution in [0.2, 0.25) is 0 Å². The van der Waals surface area contributed by atoms with Crippen molar-refractivity contribution in [3.05, 3.63) is 65.7 Å². The number of morpholine rings is 1. The van der Waals surface area contributed by atoms with Gasteiger partial charge in [0, 0.05) is 19.1 Å². The predicted octanol–water partition coefficient (Wildman–Crippen LogP) is 2.94. The van der Waals surface area contributed by atoms with Crippen LogP contribution in [0.25, 0.3) is 0 Å². The molecule has 0 saturated carbocycles. The van der Waals surface area contributed by atoms with Crippen LogP contribution in [0.1, 0.15) is 31.1 Å². The standard InChI is InChI=1S/C22H28N2O3/c1-16(14-18-8-10-20(11-9-18)27-17(2)22(23)25)24-12-13-26-21(15-24)19-6-4-3-5-7-19/h3-11,16-17,21H,12-15H2,1-2H3,(H2,23,25). The molecule has 2 aromatic rings. The highest BCUT2D eigenvalue weighted by atomic mass is 16.5. The van der Waals surface area contributed by atoms with Gasteiger partial charge in [-0.1, -0.05) is 42.5 Å². The molecule has 1 heterocycles. The van der Waals surface area contributed by atoms with Crippen molar-refractivity contribution in [1.82, 2.24) is 4.90 Å². The second kappa shape index (κ2) is 9.02. The van der Waals surface area contributed by atoms with Gasteiger partial charge in [0.05, 0.1) is 12.7 Å². The van der Waals surface area contributed by atoms with E-state index >= 15 is 0 Å². The monoisotopic (exact) mass is 368 g/mol. The molecule has 1 aliphatic heterocycles. The highest BCUT2D eigenvalue weighted by molar-refractivity contribution is 5.78. The Bertz CT molecular complexity index is 733. The maximum atomic E-state index is 11.1. The van der Waals surface area contributed by atoms with Gasteiger partial charge in [0.1, 0.15) is 5.75 Å². The van der Waals surface area contributed by atoms with Gasteiger partial charge in [-0.15, -0.1) is 0 Å². The van der Waals surface area contributed by atoms with E-state index < -0.39 is 12.0 Å². The fourth-order valence-corrected chi connectivity index (χ4v) is 3.38. The van der Waals surface area contributed by atoms with Gasteiger partial charge in [-0.25, -0.2) is 0 Å². The van der Waals surface area contributed by atoms with Crippen LogP contribution < -0.4 is 10.5 Å². The van der Waals surface area contributed by atoms with E-state index in [1.807, 2.05) is 18.2 Å². The van der Waals surface area contributed by atoms with Crippen LogP contribution in [0.15, 0.2) is 54.6 Å². The molecule has 27 heavy (non-hydrogen) atoms. The Labute approximate surface area is 161 Å². The van der Waals surface area contributed by atoms with Gasteiger partial charge in [-0.05, 0) is 43.5 Å². The molecule has 0 spiro atoms. The number of ether oxygens (including phenoxy) is 2. The Morgan fingerprint density at radius 1 is 1.19 bits per heavy atom. The quantitative estimate of drug-likeness (QED) is 0.816. The molecule has 5 nitrogen and oxygen atoms in total. The Morgan fingerprint density at radius 3 is 2.56 bits per heavy atom. The van der Waals surface area contributed by atoms with Crippen LogP contribution in [0.4, 0.5) is 0 Å². The van der Waals surface area contributed by atoms with Crippen LogP contribution in [-0.4, -0.2) is 42.6 Å². The van der Waals surface area contributed by atoms with Gasteiger partial charge in [-0.2, -0.15) is 0 Å². The lowest BCUT2D eigenvalue weighted by atomic mass is 10.0. The molecule has 1 amide bonds. The molecule has 3 unspecified atom stereocenters. The van der Waals surface area contributed by atoms with E-state index in [-0.39, 0.29) is 6.10 Å². The molecule has 0 aliphatic carbocycles. The van der Waals surface area contributed by atoms with Crippen LogP contribution in [-0.2, 0) is 16.0 Å². The number of carbonyl (C=O) groups is 1. The zero-order valence-electron chi connectivity index (χ0n) is 16.0. The third kappa shape index (κ3) is 5.31. The maximum absolute atomic E-state index is 11.1. The van der Waals surface area contributed by atoms with Crippen LogP contribution in [0, 0.1) is 0 Å². The molecule has 5 heteroatoms. The number of nitrogens with two attached hydrogens (primary N) is 1. The lowest BCUT2D eigenvalue weighted by molar-refractivity contribution is -0.123. The van der Waals surface area contributed by atoms with E-state index in [0.717, 1.165) is 26.1 Å². The Kier molecular flexibility index (Phi) is 6.48. The Morgan fingerprint density at radius 2 is 1.89 bits per heavy atom. The first-order chi connectivity index (χ1) is 13.0. The van der Waals surface area contributed by atoms with E-state index in [1.165, 1.54) is 11.1 Å². The number of carbonyl (C=O) groups excluding carboxylic acids is 1. The zero-order chi connectivity index (χ0) is 19.2. The lowest BCUT2D eigenvalue weighted by Gasteiger charge is -2.37. The van der Waals surface area contributed by atoms with Crippen LogP contribution >= 0.6 is 0 Å². The molecule has 3 rings (SSSR count). The summed E-state index contributed by atoms with van der Waals surface area (Å²) in [6.07, 6.45) is 0.458. The summed E-state index contributed by atoms with van der Waals surface area (Å²) in [7, 11) is 0. The number of benzene rings is 2. The van der Waals surface area contributed by atoms with Gasteiger partial charge in [-0.3, -0.25) is 9.69 Å². The van der Waals surface area contributed by atoms with Crippen molar-refractivity contribution in [1.29, 1.82) is 0 Å². The summed E-state index contributed by atoms with van der Waals surface area (Å²) in [4.78, 5) is 13.6. The fraction of sp³-hybridized carbons (Fsp3) is 0.409. The summed E-state index contributed by atoms with van der Waals surface area (Å²) in [6.45, 7) is 6.51. The highest BCUT2D eigenvalue weighted by Gasteiger charge is 2.25. The first-order valence-electron chi connectivity index (χ1n) is 9.48. The summed E-state index contributed by atoms with van der Waals surface area (Å²) in [6, 6.07) is 18.7. The van der Waals surface area contributed by atoms with E-state index in [4.69, 9.17) is 15.2 Å². The predicted molar refractivity (Wildman–Crippen MR) is 106 cm³/mol. The molecule has 0 radical (unpaired) electrons. The third-order valence-corrected chi connectivity index (χ3v) is 5.06. The van der Waals surface area contributed by atoms with Gasteiger partial charge in [0.15, 0.2) is 6.10 Å². The minimum absolute atomic E-state index is 0.133. The minimum atomic E-state index is -0.627. The van der Waals surface area contributed by atoms with Crippen molar-refractivity contribution in [2.75, 3.05) is 19.7 Å². The molecule has 1 aliphatic rings. The fourth-order valence-electron chi connectivity index (χ4n) is 3.38. The molecule has 3 atom stereocenters. The smallest absolute Gasteiger partial charge is 0.258 e. The molecule has 1 fully saturated rings. The van der Waals surface area contributed by atoms with Crippen LogP contribution in [0.5, 0.6) is 5.75 Å². The topological polar surface area (TPSA) is 64.8 Å². The summed E-state index contributed by atoms with van der Waals surface area (Å²) < 4.78 is 11.5. The van der Waals surface area contributed by atoms with Crippen LogP contribution in [0.3, 0.4) is 0 Å². The second-order valence-electron chi connectivity index (χ2n) is 7.12. The molecule has 2 N–H and O–H groups in total. The summed E-state index contributed by atoms with van der Waals surface area (Å²) in [5, 5.41) is 0. The van der Waals surface area contributed by atoms with Gasteiger partial charge < -0.3 is 15.2 Å². The van der Waals surface area contributed by atoms with E-state index in [0.29, 0.717) is 11.8 Å². The first kappa shape index (κ1) is 19.4. The number of primary amides is 1. The van der Waals surface area contributed by atoms with Crippen molar-refractivity contribution < 1.29 is 14.3 Å². The van der Waals surface area contributed by atoms with Gasteiger partial charge in [0.25, 0.3) is 5.91 Å². The molecule has 2 aromatic carbocycles. The number of rotatable bonds is 7. The Hall–Kier alpha value is -2.37. The van der Waals surface area contributed by atoms with Crippen molar-refractivity contribution in [2.45, 2.75) is 38.5 Å². The van der Waals surface area contributed by atoms with Crippen molar-refractivity contribution in [2.24, 2.45) is 5.73 Å².